The number of para-hydroxylation sites is 2. The van der Waals surface area contributed by atoms with Crippen molar-refractivity contribution in [3.8, 4) is 17.0 Å². The fourth-order valence-electron chi connectivity index (χ4n) is 3.00. The maximum atomic E-state index is 12.8. The summed E-state index contributed by atoms with van der Waals surface area (Å²) in [4.78, 5) is 16.2. The lowest BCUT2D eigenvalue weighted by Crippen LogP contribution is -2.03. The van der Waals surface area contributed by atoms with E-state index in [4.69, 9.17) is 4.74 Å². The molecule has 2 aromatic carbocycles. The molecule has 3 aromatic rings. The maximum Gasteiger partial charge on any atom is 0.168 e. The van der Waals surface area contributed by atoms with Crippen LogP contribution in [0.4, 0.5) is 0 Å². The van der Waals surface area contributed by atoms with Gasteiger partial charge >= 0.3 is 0 Å². The number of fused-ring (bicyclic) bond motifs is 1. The second kappa shape index (κ2) is 5.02. The number of ketones is 1. The number of hydrogen-bond donors (Lipinski definition) is 1. The highest BCUT2D eigenvalue weighted by Crippen LogP contribution is 2.41. The summed E-state index contributed by atoms with van der Waals surface area (Å²) < 4.78 is 5.48. The standard InChI is InChI=1S/C19H17NO2/c1-22-16-9-5-3-7-14(16)18-17(19(21)12-10-11-12)13-6-2-4-8-15(13)20-18/h2-9,12,20H,10-11H2,1H3. The van der Waals surface area contributed by atoms with E-state index >= 15 is 0 Å². The van der Waals surface area contributed by atoms with E-state index in [2.05, 4.69) is 4.98 Å². The number of methoxy groups -OCH3 is 1. The summed E-state index contributed by atoms with van der Waals surface area (Å²) in [5.41, 5.74) is 3.61. The highest BCUT2D eigenvalue weighted by Gasteiger charge is 2.34. The van der Waals surface area contributed by atoms with Crippen molar-refractivity contribution >= 4 is 16.7 Å². The van der Waals surface area contributed by atoms with Crippen LogP contribution in [0.2, 0.25) is 0 Å². The Balaban J connectivity index is 2.00. The molecule has 0 spiro atoms. The van der Waals surface area contributed by atoms with Gasteiger partial charge in [0.05, 0.1) is 18.4 Å². The molecule has 1 fully saturated rings. The molecule has 0 unspecified atom stereocenters. The number of benzene rings is 2. The molecule has 1 aliphatic carbocycles. The molecule has 4 rings (SSSR count). The topological polar surface area (TPSA) is 42.1 Å². The van der Waals surface area contributed by atoms with Crippen molar-refractivity contribution in [3.63, 3.8) is 0 Å². The molecular weight excluding hydrogens is 274 g/mol. The lowest BCUT2D eigenvalue weighted by Gasteiger charge is -2.09. The van der Waals surface area contributed by atoms with Gasteiger partial charge in [-0.15, -0.1) is 0 Å². The third-order valence-corrected chi connectivity index (χ3v) is 4.28. The first-order chi connectivity index (χ1) is 10.8. The Bertz CT molecular complexity index is 859. The van der Waals surface area contributed by atoms with Crippen LogP contribution in [-0.2, 0) is 0 Å². The summed E-state index contributed by atoms with van der Waals surface area (Å²) in [5, 5.41) is 1.00. The molecule has 0 bridgehead atoms. The smallest absolute Gasteiger partial charge is 0.168 e. The molecular formula is C19H17NO2. The van der Waals surface area contributed by atoms with Gasteiger partial charge in [0.2, 0.25) is 0 Å². The Morgan fingerprint density at radius 1 is 1.09 bits per heavy atom. The van der Waals surface area contributed by atoms with E-state index in [1.54, 1.807) is 7.11 Å². The van der Waals surface area contributed by atoms with Crippen LogP contribution in [0.25, 0.3) is 22.2 Å². The summed E-state index contributed by atoms with van der Waals surface area (Å²) in [5.74, 6) is 1.21. The van der Waals surface area contributed by atoms with Crippen molar-refractivity contribution in [1.82, 2.24) is 4.98 Å². The van der Waals surface area contributed by atoms with E-state index < -0.39 is 0 Å². The first-order valence-corrected chi connectivity index (χ1v) is 7.58. The Labute approximate surface area is 128 Å². The van der Waals surface area contributed by atoms with Crippen LogP contribution in [0.5, 0.6) is 5.75 Å². The molecule has 3 nitrogen and oxygen atoms in total. The molecule has 1 N–H and O–H groups in total. The zero-order valence-corrected chi connectivity index (χ0v) is 12.4. The van der Waals surface area contributed by atoms with Gasteiger partial charge in [-0.1, -0.05) is 30.3 Å². The molecule has 0 atom stereocenters. The predicted octanol–water partition coefficient (Wildman–Crippen LogP) is 4.44. The van der Waals surface area contributed by atoms with E-state index in [0.717, 1.165) is 46.3 Å². The van der Waals surface area contributed by atoms with Crippen molar-refractivity contribution < 1.29 is 9.53 Å². The van der Waals surface area contributed by atoms with Crippen LogP contribution >= 0.6 is 0 Å². The molecule has 3 heteroatoms. The molecule has 0 amide bonds. The minimum absolute atomic E-state index is 0.188. The molecule has 1 saturated carbocycles. The van der Waals surface area contributed by atoms with Crippen LogP contribution in [0.1, 0.15) is 23.2 Å². The van der Waals surface area contributed by atoms with Gasteiger partial charge in [0.1, 0.15) is 5.75 Å². The molecule has 22 heavy (non-hydrogen) atoms. The summed E-state index contributed by atoms with van der Waals surface area (Å²) in [6.07, 6.45) is 2.01. The summed E-state index contributed by atoms with van der Waals surface area (Å²) in [7, 11) is 1.66. The second-order valence-electron chi connectivity index (χ2n) is 5.76. The zero-order valence-electron chi connectivity index (χ0n) is 12.4. The number of nitrogens with one attached hydrogen (secondary N) is 1. The van der Waals surface area contributed by atoms with Crippen LogP contribution in [0, 0.1) is 5.92 Å². The number of H-pyrrole nitrogens is 1. The van der Waals surface area contributed by atoms with Gasteiger partial charge in [-0.05, 0) is 31.0 Å². The van der Waals surface area contributed by atoms with Gasteiger partial charge in [-0.2, -0.15) is 0 Å². The van der Waals surface area contributed by atoms with Gasteiger partial charge in [0.15, 0.2) is 5.78 Å². The number of rotatable bonds is 4. The van der Waals surface area contributed by atoms with Gasteiger partial charge in [0.25, 0.3) is 0 Å². The number of aromatic nitrogens is 1. The number of carbonyl (C=O) groups excluding carboxylic acids is 1. The minimum atomic E-state index is 0.188. The van der Waals surface area contributed by atoms with Gasteiger partial charge in [-0.25, -0.2) is 0 Å². The van der Waals surface area contributed by atoms with Crippen molar-refractivity contribution in [1.29, 1.82) is 0 Å². The quantitative estimate of drug-likeness (QED) is 0.722. The molecule has 110 valence electrons. The number of Topliss-reactive ketones (excluding diaryl/α,β-unsaturated/α-hetero) is 1. The highest BCUT2D eigenvalue weighted by atomic mass is 16.5. The predicted molar refractivity (Wildman–Crippen MR) is 87.3 cm³/mol. The molecule has 1 aliphatic rings. The largest absolute Gasteiger partial charge is 0.496 e. The van der Waals surface area contributed by atoms with Crippen LogP contribution < -0.4 is 4.74 Å². The van der Waals surface area contributed by atoms with E-state index in [9.17, 15) is 4.79 Å². The molecule has 0 aliphatic heterocycles. The SMILES string of the molecule is COc1ccccc1-c1[nH]c2ccccc2c1C(=O)C1CC1. The molecule has 0 saturated heterocycles. The van der Waals surface area contributed by atoms with Crippen molar-refractivity contribution in [3.05, 3.63) is 54.1 Å². The number of carbonyl (C=O) groups is 1. The van der Waals surface area contributed by atoms with Gasteiger partial charge in [-0.3, -0.25) is 4.79 Å². The van der Waals surface area contributed by atoms with E-state index in [-0.39, 0.29) is 11.7 Å². The lowest BCUT2D eigenvalue weighted by molar-refractivity contribution is 0.0970. The summed E-state index contributed by atoms with van der Waals surface area (Å²) >= 11 is 0. The fourth-order valence-corrected chi connectivity index (χ4v) is 3.00. The molecule has 0 radical (unpaired) electrons. The summed E-state index contributed by atoms with van der Waals surface area (Å²) in [6, 6.07) is 15.8. The number of aromatic amines is 1. The zero-order chi connectivity index (χ0) is 15.1. The van der Waals surface area contributed by atoms with Crippen molar-refractivity contribution in [2.24, 2.45) is 5.92 Å². The molecule has 1 aromatic heterocycles. The van der Waals surface area contributed by atoms with E-state index in [1.165, 1.54) is 0 Å². The van der Waals surface area contributed by atoms with Crippen LogP contribution in [-0.4, -0.2) is 17.9 Å². The average Bonchev–Trinajstić information content (AvgIpc) is 3.34. The third kappa shape index (κ3) is 2.01. The number of hydrogen-bond acceptors (Lipinski definition) is 2. The monoisotopic (exact) mass is 291 g/mol. The molecule has 1 heterocycles. The average molecular weight is 291 g/mol. The Morgan fingerprint density at radius 3 is 2.59 bits per heavy atom. The minimum Gasteiger partial charge on any atom is -0.496 e. The highest BCUT2D eigenvalue weighted by molar-refractivity contribution is 6.15. The second-order valence-corrected chi connectivity index (χ2v) is 5.76. The number of ether oxygens (including phenoxy) is 1. The summed E-state index contributed by atoms with van der Waals surface area (Å²) in [6.45, 7) is 0. The van der Waals surface area contributed by atoms with Crippen molar-refractivity contribution in [2.45, 2.75) is 12.8 Å². The van der Waals surface area contributed by atoms with Gasteiger partial charge in [0, 0.05) is 22.4 Å². The van der Waals surface area contributed by atoms with E-state index in [0.29, 0.717) is 0 Å². The maximum absolute atomic E-state index is 12.8. The first-order valence-electron chi connectivity index (χ1n) is 7.58. The normalized spacial score (nSPS) is 14.2. The van der Waals surface area contributed by atoms with Gasteiger partial charge < -0.3 is 9.72 Å². The third-order valence-electron chi connectivity index (χ3n) is 4.28. The van der Waals surface area contributed by atoms with Crippen molar-refractivity contribution in [2.75, 3.05) is 7.11 Å². The Kier molecular flexibility index (Phi) is 3.00. The Morgan fingerprint density at radius 2 is 1.82 bits per heavy atom. The van der Waals surface area contributed by atoms with Crippen LogP contribution in [0.15, 0.2) is 48.5 Å². The van der Waals surface area contributed by atoms with E-state index in [1.807, 2.05) is 48.5 Å². The lowest BCUT2D eigenvalue weighted by atomic mass is 9.99. The first kappa shape index (κ1) is 13.1. The fraction of sp³-hybridized carbons (Fsp3) is 0.211. The van der Waals surface area contributed by atoms with Crippen LogP contribution in [0.3, 0.4) is 0 Å². The Hall–Kier alpha value is -2.55.